The van der Waals surface area contributed by atoms with Gasteiger partial charge in [-0.15, -0.1) is 0 Å². The molecule has 1 heterocycles. The number of hydrogen-bond acceptors (Lipinski definition) is 3. The minimum atomic E-state index is 0.658. The monoisotopic (exact) mass is 366 g/mol. The van der Waals surface area contributed by atoms with Crippen LogP contribution >= 0.6 is 0 Å². The van der Waals surface area contributed by atoms with E-state index in [-0.39, 0.29) is 0 Å². The van der Waals surface area contributed by atoms with Crippen molar-refractivity contribution in [2.24, 2.45) is 10.9 Å². The van der Waals surface area contributed by atoms with Gasteiger partial charge in [-0.25, -0.2) is 5.48 Å². The summed E-state index contributed by atoms with van der Waals surface area (Å²) >= 11 is 0. The first-order valence-corrected chi connectivity index (χ1v) is 9.75. The van der Waals surface area contributed by atoms with Gasteiger partial charge in [-0.2, -0.15) is 0 Å². The number of para-hydroxylation sites is 1. The highest BCUT2D eigenvalue weighted by Crippen LogP contribution is 2.21. The van der Waals surface area contributed by atoms with E-state index in [1.54, 1.807) is 7.11 Å². The third kappa shape index (κ3) is 6.70. The molecule has 1 saturated heterocycles. The quantitative estimate of drug-likeness (QED) is 0.443. The highest BCUT2D eigenvalue weighted by molar-refractivity contribution is 5.92. The fraction of sp³-hybridized carbons (Fsp3) is 0.409. The molecule has 1 aliphatic rings. The van der Waals surface area contributed by atoms with Gasteiger partial charge in [-0.1, -0.05) is 48.5 Å². The maximum Gasteiger partial charge on any atom is 0.220 e. The van der Waals surface area contributed by atoms with E-state index in [1.165, 1.54) is 31.5 Å². The predicted octanol–water partition coefficient (Wildman–Crippen LogP) is 3.91. The summed E-state index contributed by atoms with van der Waals surface area (Å²) in [6, 6.07) is 20.8. The van der Waals surface area contributed by atoms with Crippen LogP contribution in [0.1, 0.15) is 24.8 Å². The number of rotatable bonds is 7. The Balaban J connectivity index is 1.41. The summed E-state index contributed by atoms with van der Waals surface area (Å²) in [5, 5.41) is 3.26. The first kappa shape index (κ1) is 19.4. The molecule has 0 atom stereocenters. The second-order valence-electron chi connectivity index (χ2n) is 7.02. The molecule has 0 unspecified atom stereocenters. The molecule has 27 heavy (non-hydrogen) atoms. The topological polar surface area (TPSA) is 48.9 Å². The second-order valence-corrected chi connectivity index (χ2v) is 7.02. The van der Waals surface area contributed by atoms with Crippen LogP contribution in [-0.4, -0.2) is 37.6 Å². The predicted molar refractivity (Wildman–Crippen MR) is 112 cm³/mol. The molecular formula is C22H30N4O. The molecule has 0 amide bonds. The molecule has 2 aromatic carbocycles. The van der Waals surface area contributed by atoms with Crippen LogP contribution in [0.25, 0.3) is 0 Å². The number of aliphatic imine (C=N–C) groups is 1. The van der Waals surface area contributed by atoms with Crippen LogP contribution in [0, 0.1) is 5.92 Å². The zero-order valence-corrected chi connectivity index (χ0v) is 16.1. The van der Waals surface area contributed by atoms with Gasteiger partial charge < -0.3 is 5.32 Å². The van der Waals surface area contributed by atoms with Crippen LogP contribution in [-0.2, 0) is 11.4 Å². The van der Waals surface area contributed by atoms with E-state index in [1.807, 2.05) is 30.3 Å². The fourth-order valence-electron chi connectivity index (χ4n) is 3.49. The van der Waals surface area contributed by atoms with Crippen LogP contribution in [0.3, 0.4) is 0 Å². The van der Waals surface area contributed by atoms with Crippen molar-refractivity contribution in [1.29, 1.82) is 0 Å². The lowest BCUT2D eigenvalue weighted by atomic mass is 9.93. The van der Waals surface area contributed by atoms with Crippen LogP contribution < -0.4 is 10.8 Å². The minimum absolute atomic E-state index is 0.658. The lowest BCUT2D eigenvalue weighted by molar-refractivity contribution is 0.144. The molecule has 0 aliphatic carbocycles. The van der Waals surface area contributed by atoms with Crippen molar-refractivity contribution >= 4 is 11.6 Å². The molecule has 0 radical (unpaired) electrons. The Morgan fingerprint density at radius 1 is 1.04 bits per heavy atom. The smallest absolute Gasteiger partial charge is 0.220 e. The van der Waals surface area contributed by atoms with E-state index in [0.29, 0.717) is 5.96 Å². The molecule has 0 saturated carbocycles. The zero-order valence-electron chi connectivity index (χ0n) is 16.1. The minimum Gasteiger partial charge on any atom is -0.325 e. The number of guanidine groups is 1. The van der Waals surface area contributed by atoms with Gasteiger partial charge in [0.05, 0.1) is 7.11 Å². The van der Waals surface area contributed by atoms with Crippen LogP contribution in [0.2, 0.25) is 0 Å². The van der Waals surface area contributed by atoms with E-state index < -0.39 is 0 Å². The summed E-state index contributed by atoms with van der Waals surface area (Å²) in [6.07, 6.45) is 3.62. The molecule has 1 fully saturated rings. The van der Waals surface area contributed by atoms with Gasteiger partial charge in [0.2, 0.25) is 5.96 Å². The lowest BCUT2D eigenvalue weighted by Gasteiger charge is -2.31. The van der Waals surface area contributed by atoms with Crippen molar-refractivity contribution in [3.63, 3.8) is 0 Å². The third-order valence-electron chi connectivity index (χ3n) is 5.00. The SMILES string of the molecule is CONC(=NCCC1CCN(Cc2ccccc2)CC1)Nc1ccccc1. The fourth-order valence-corrected chi connectivity index (χ4v) is 3.49. The molecule has 1 aliphatic heterocycles. The lowest BCUT2D eigenvalue weighted by Crippen LogP contribution is -2.33. The summed E-state index contributed by atoms with van der Waals surface area (Å²) in [7, 11) is 1.60. The zero-order chi connectivity index (χ0) is 18.7. The van der Waals surface area contributed by atoms with Gasteiger partial charge in [0.1, 0.15) is 0 Å². The van der Waals surface area contributed by atoms with E-state index in [0.717, 1.165) is 31.1 Å². The molecular weight excluding hydrogens is 336 g/mol. The average molecular weight is 367 g/mol. The van der Waals surface area contributed by atoms with Crippen molar-refractivity contribution in [3.8, 4) is 0 Å². The third-order valence-corrected chi connectivity index (χ3v) is 5.00. The van der Waals surface area contributed by atoms with Crippen LogP contribution in [0.5, 0.6) is 0 Å². The van der Waals surface area contributed by atoms with E-state index >= 15 is 0 Å². The Morgan fingerprint density at radius 3 is 2.37 bits per heavy atom. The summed E-state index contributed by atoms with van der Waals surface area (Å²) < 4.78 is 0. The van der Waals surface area contributed by atoms with Gasteiger partial charge in [-0.05, 0) is 56.0 Å². The van der Waals surface area contributed by atoms with Gasteiger partial charge in [-0.3, -0.25) is 14.7 Å². The van der Waals surface area contributed by atoms with Gasteiger partial charge in [0.15, 0.2) is 0 Å². The standard InChI is InChI=1S/C22H30N4O/c1-27-25-22(24-21-10-6-3-7-11-21)23-15-12-19-13-16-26(17-14-19)18-20-8-4-2-5-9-20/h2-11,19H,12-18H2,1H3,(H2,23,24,25). The average Bonchev–Trinajstić information content (AvgIpc) is 2.71. The Morgan fingerprint density at radius 2 is 1.70 bits per heavy atom. The summed E-state index contributed by atoms with van der Waals surface area (Å²) in [5.74, 6) is 1.41. The van der Waals surface area contributed by atoms with E-state index in [9.17, 15) is 0 Å². The number of piperidine rings is 1. The molecule has 2 aromatic rings. The molecule has 3 rings (SSSR count). The maximum absolute atomic E-state index is 5.04. The van der Waals surface area contributed by atoms with Crippen LogP contribution in [0.4, 0.5) is 5.69 Å². The number of nitrogens with one attached hydrogen (secondary N) is 2. The largest absolute Gasteiger partial charge is 0.325 e. The van der Waals surface area contributed by atoms with Crippen molar-refractivity contribution in [2.45, 2.75) is 25.8 Å². The number of likely N-dealkylation sites (tertiary alicyclic amines) is 1. The Hall–Kier alpha value is -2.37. The Bertz CT molecular complexity index is 682. The number of anilines is 1. The molecule has 2 N–H and O–H groups in total. The second kappa shape index (κ2) is 10.7. The molecule has 5 heteroatoms. The summed E-state index contributed by atoms with van der Waals surface area (Å²) in [4.78, 5) is 12.2. The first-order chi connectivity index (χ1) is 13.3. The summed E-state index contributed by atoms with van der Waals surface area (Å²) in [6.45, 7) is 4.22. The van der Waals surface area contributed by atoms with Crippen molar-refractivity contribution < 1.29 is 4.84 Å². The summed E-state index contributed by atoms with van der Waals surface area (Å²) in [5.41, 5.74) is 5.23. The normalized spacial score (nSPS) is 16.3. The molecule has 0 spiro atoms. The van der Waals surface area contributed by atoms with Crippen molar-refractivity contribution in [3.05, 3.63) is 66.2 Å². The van der Waals surface area contributed by atoms with Crippen molar-refractivity contribution in [1.82, 2.24) is 10.4 Å². The number of hydrogen-bond donors (Lipinski definition) is 2. The van der Waals surface area contributed by atoms with E-state index in [2.05, 4.69) is 51.0 Å². The molecule has 0 bridgehead atoms. The Kier molecular flexibility index (Phi) is 7.69. The number of benzene rings is 2. The number of hydroxylamine groups is 1. The molecule has 0 aromatic heterocycles. The number of nitrogens with zero attached hydrogens (tertiary/aromatic N) is 2. The first-order valence-electron chi connectivity index (χ1n) is 9.75. The molecule has 5 nitrogen and oxygen atoms in total. The van der Waals surface area contributed by atoms with Crippen LogP contribution in [0.15, 0.2) is 65.7 Å². The maximum atomic E-state index is 5.04. The van der Waals surface area contributed by atoms with Gasteiger partial charge in [0, 0.05) is 18.8 Å². The van der Waals surface area contributed by atoms with Crippen molar-refractivity contribution in [2.75, 3.05) is 32.1 Å². The molecule has 144 valence electrons. The Labute approximate surface area is 162 Å². The highest BCUT2D eigenvalue weighted by Gasteiger charge is 2.18. The van der Waals surface area contributed by atoms with E-state index in [4.69, 9.17) is 4.84 Å². The van der Waals surface area contributed by atoms with Gasteiger partial charge >= 0.3 is 0 Å². The van der Waals surface area contributed by atoms with Gasteiger partial charge in [0.25, 0.3) is 0 Å². The highest BCUT2D eigenvalue weighted by atomic mass is 16.6.